The molecule has 65 heavy (non-hydrogen) atoms. The SMILES string of the molecule is CC1(c2ccc3oc4ccccc4c3c2)C=CC(N(c2ccc(-c3ccc4oc5ccccc5c4c3)cc2)c2ccc(C3(c4ccccc4)c4ccccc4-c4ccccc43)cc2)=CC1. The summed E-state index contributed by atoms with van der Waals surface area (Å²) in [4.78, 5) is 2.41. The second-order valence-electron chi connectivity index (χ2n) is 17.8. The molecule has 0 aliphatic heterocycles. The third-order valence-electron chi connectivity index (χ3n) is 14.2. The maximum atomic E-state index is 6.21. The van der Waals surface area contributed by atoms with E-state index in [9.17, 15) is 0 Å². The van der Waals surface area contributed by atoms with Gasteiger partial charge in [-0.2, -0.15) is 0 Å². The molecule has 0 spiro atoms. The minimum absolute atomic E-state index is 0.198. The van der Waals surface area contributed by atoms with Gasteiger partial charge in [-0.1, -0.05) is 171 Å². The van der Waals surface area contributed by atoms with Crippen molar-refractivity contribution in [3.63, 3.8) is 0 Å². The van der Waals surface area contributed by atoms with E-state index in [-0.39, 0.29) is 5.41 Å². The van der Waals surface area contributed by atoms with Crippen molar-refractivity contribution in [2.75, 3.05) is 4.90 Å². The Morgan fingerprint density at radius 1 is 0.415 bits per heavy atom. The second-order valence-corrected chi connectivity index (χ2v) is 17.8. The molecular formula is C62H43NO2. The number of furan rings is 2. The number of rotatable bonds is 7. The highest BCUT2D eigenvalue weighted by atomic mass is 16.3. The summed E-state index contributed by atoms with van der Waals surface area (Å²) in [6.45, 7) is 2.34. The molecule has 0 saturated carbocycles. The van der Waals surface area contributed by atoms with Gasteiger partial charge in [-0.3, -0.25) is 0 Å². The Bertz CT molecular complexity index is 3650. The number of hydrogen-bond acceptors (Lipinski definition) is 3. The van der Waals surface area contributed by atoms with Gasteiger partial charge in [0.1, 0.15) is 22.3 Å². The summed E-state index contributed by atoms with van der Waals surface area (Å²) in [7, 11) is 0. The molecule has 2 aromatic heterocycles. The van der Waals surface area contributed by atoms with Crippen molar-refractivity contribution in [3.8, 4) is 22.3 Å². The average molecular weight is 834 g/mol. The zero-order valence-electron chi connectivity index (χ0n) is 35.9. The number of hydrogen-bond donors (Lipinski definition) is 0. The molecule has 0 radical (unpaired) electrons. The molecule has 2 aliphatic carbocycles. The highest BCUT2D eigenvalue weighted by Crippen LogP contribution is 2.56. The summed E-state index contributed by atoms with van der Waals surface area (Å²) in [5, 5.41) is 4.57. The molecule has 1 unspecified atom stereocenters. The summed E-state index contributed by atoms with van der Waals surface area (Å²) < 4.78 is 12.4. The zero-order valence-corrected chi connectivity index (χ0v) is 35.9. The molecule has 11 aromatic rings. The lowest BCUT2D eigenvalue weighted by Crippen LogP contribution is -2.28. The third-order valence-corrected chi connectivity index (χ3v) is 14.2. The van der Waals surface area contributed by atoms with Crippen molar-refractivity contribution < 1.29 is 8.83 Å². The van der Waals surface area contributed by atoms with Gasteiger partial charge in [0.25, 0.3) is 0 Å². The lowest BCUT2D eigenvalue weighted by atomic mass is 9.67. The van der Waals surface area contributed by atoms with Gasteiger partial charge in [0.2, 0.25) is 0 Å². The van der Waals surface area contributed by atoms with E-state index < -0.39 is 5.41 Å². The predicted octanol–water partition coefficient (Wildman–Crippen LogP) is 16.5. The van der Waals surface area contributed by atoms with E-state index in [4.69, 9.17) is 8.83 Å². The molecule has 308 valence electrons. The third kappa shape index (κ3) is 5.75. The van der Waals surface area contributed by atoms with Crippen LogP contribution in [0.15, 0.2) is 245 Å². The Morgan fingerprint density at radius 2 is 0.908 bits per heavy atom. The van der Waals surface area contributed by atoms with E-state index in [1.807, 2.05) is 24.3 Å². The molecule has 0 bridgehead atoms. The summed E-state index contributed by atoms with van der Waals surface area (Å²) in [6.07, 6.45) is 7.96. The number of benzene rings is 9. The van der Waals surface area contributed by atoms with Gasteiger partial charge in [0.15, 0.2) is 0 Å². The number of fused-ring (bicyclic) bond motifs is 9. The molecule has 0 amide bonds. The highest BCUT2D eigenvalue weighted by Gasteiger charge is 2.45. The smallest absolute Gasteiger partial charge is 0.135 e. The van der Waals surface area contributed by atoms with Crippen LogP contribution < -0.4 is 4.90 Å². The molecule has 0 saturated heterocycles. The molecule has 9 aromatic carbocycles. The fourth-order valence-corrected chi connectivity index (χ4v) is 10.9. The van der Waals surface area contributed by atoms with E-state index in [2.05, 4.69) is 218 Å². The fraction of sp³-hybridized carbons (Fsp3) is 0.0645. The first-order valence-electron chi connectivity index (χ1n) is 22.5. The van der Waals surface area contributed by atoms with Crippen molar-refractivity contribution in [2.24, 2.45) is 0 Å². The average Bonchev–Trinajstić information content (AvgIpc) is 4.03. The minimum atomic E-state index is -0.464. The van der Waals surface area contributed by atoms with Gasteiger partial charge in [-0.25, -0.2) is 0 Å². The zero-order chi connectivity index (χ0) is 43.1. The van der Waals surface area contributed by atoms with Crippen LogP contribution in [-0.4, -0.2) is 0 Å². The van der Waals surface area contributed by atoms with Gasteiger partial charge in [-0.15, -0.1) is 0 Å². The largest absolute Gasteiger partial charge is 0.456 e. The van der Waals surface area contributed by atoms with Crippen molar-refractivity contribution in [2.45, 2.75) is 24.2 Å². The van der Waals surface area contributed by atoms with Gasteiger partial charge in [0, 0.05) is 44.0 Å². The van der Waals surface area contributed by atoms with Crippen LogP contribution in [0.4, 0.5) is 11.4 Å². The first-order chi connectivity index (χ1) is 32.0. The van der Waals surface area contributed by atoms with Crippen LogP contribution in [0.5, 0.6) is 0 Å². The van der Waals surface area contributed by atoms with Crippen molar-refractivity contribution in [1.29, 1.82) is 0 Å². The molecule has 2 heterocycles. The predicted molar refractivity (Wildman–Crippen MR) is 268 cm³/mol. The standard InChI is InChI=1S/C62H43NO2/c1-61(45-28-34-60-54(40-45)52-18-8-12-22-58(52)65-60)37-35-48(36-38-61)63(46-29-23-41(24-30-46)42-25-33-59-53(39-42)51-17-7-11-21-57(51)64-59)47-31-26-44(27-32-47)62(43-13-3-2-4-14-43)55-19-9-5-15-49(55)50-16-6-10-20-56(50)62/h2-37,39-40H,38H2,1H3. The van der Waals surface area contributed by atoms with Gasteiger partial charge in [0.05, 0.1) is 5.41 Å². The summed E-state index contributed by atoms with van der Waals surface area (Å²) >= 11 is 0. The molecular weight excluding hydrogens is 791 g/mol. The maximum Gasteiger partial charge on any atom is 0.135 e. The van der Waals surface area contributed by atoms with Gasteiger partial charge >= 0.3 is 0 Å². The number of allylic oxidation sites excluding steroid dienone is 3. The number of anilines is 2. The molecule has 0 N–H and O–H groups in total. The van der Waals surface area contributed by atoms with Crippen LogP contribution in [-0.2, 0) is 10.8 Å². The van der Waals surface area contributed by atoms with Gasteiger partial charge in [-0.05, 0) is 123 Å². The van der Waals surface area contributed by atoms with Crippen LogP contribution in [0, 0.1) is 0 Å². The Hall–Kier alpha value is -8.14. The molecule has 3 nitrogen and oxygen atoms in total. The van der Waals surface area contributed by atoms with Crippen LogP contribution in [0.1, 0.15) is 41.2 Å². The lowest BCUT2D eigenvalue weighted by molar-refractivity contribution is 0.595. The molecule has 0 fully saturated rings. The number of nitrogens with zero attached hydrogens (tertiary/aromatic N) is 1. The van der Waals surface area contributed by atoms with Crippen molar-refractivity contribution in [1.82, 2.24) is 0 Å². The Morgan fingerprint density at radius 3 is 1.54 bits per heavy atom. The highest BCUT2D eigenvalue weighted by molar-refractivity contribution is 6.07. The lowest BCUT2D eigenvalue weighted by Gasteiger charge is -2.35. The maximum absolute atomic E-state index is 6.21. The Kier molecular flexibility index (Phi) is 8.32. The topological polar surface area (TPSA) is 29.5 Å². The normalized spacial score (nSPS) is 16.2. The second kappa shape index (κ2) is 14.5. The Labute approximate surface area is 377 Å². The van der Waals surface area contributed by atoms with Gasteiger partial charge < -0.3 is 13.7 Å². The van der Waals surface area contributed by atoms with E-state index in [0.717, 1.165) is 78.5 Å². The Balaban J connectivity index is 0.916. The van der Waals surface area contributed by atoms with Crippen LogP contribution >= 0.6 is 0 Å². The molecule has 2 aliphatic rings. The van der Waals surface area contributed by atoms with Crippen LogP contribution in [0.2, 0.25) is 0 Å². The van der Waals surface area contributed by atoms with E-state index in [0.29, 0.717) is 0 Å². The monoisotopic (exact) mass is 833 g/mol. The quantitative estimate of drug-likeness (QED) is 0.160. The molecule has 13 rings (SSSR count). The first kappa shape index (κ1) is 37.4. The van der Waals surface area contributed by atoms with Crippen molar-refractivity contribution >= 4 is 55.3 Å². The minimum Gasteiger partial charge on any atom is -0.456 e. The van der Waals surface area contributed by atoms with E-state index in [1.165, 1.54) is 38.9 Å². The molecule has 1 atom stereocenters. The molecule has 3 heteroatoms. The van der Waals surface area contributed by atoms with Crippen LogP contribution in [0.3, 0.4) is 0 Å². The fourth-order valence-electron chi connectivity index (χ4n) is 10.9. The van der Waals surface area contributed by atoms with E-state index in [1.54, 1.807) is 0 Å². The summed E-state index contributed by atoms with van der Waals surface area (Å²) in [5.74, 6) is 0. The summed E-state index contributed by atoms with van der Waals surface area (Å²) in [5.41, 5.74) is 17.6. The van der Waals surface area contributed by atoms with E-state index >= 15 is 0 Å². The number of para-hydroxylation sites is 2. The first-order valence-corrected chi connectivity index (χ1v) is 22.5. The van der Waals surface area contributed by atoms with Crippen molar-refractivity contribution in [3.05, 3.63) is 264 Å². The van der Waals surface area contributed by atoms with Crippen LogP contribution in [0.25, 0.3) is 66.1 Å². The summed E-state index contributed by atoms with van der Waals surface area (Å²) in [6, 6.07) is 77.1.